The van der Waals surface area contributed by atoms with E-state index < -0.39 is 23.4 Å². The predicted molar refractivity (Wildman–Crippen MR) is 208 cm³/mol. The monoisotopic (exact) mass is 752 g/mol. The molecule has 8 heteroatoms. The summed E-state index contributed by atoms with van der Waals surface area (Å²) in [6.07, 6.45) is 18.4. The molecule has 4 aliphatic carbocycles. The Morgan fingerprint density at radius 2 is 1.37 bits per heavy atom. The molecule has 6 nitrogen and oxygen atoms in total. The van der Waals surface area contributed by atoms with Crippen LogP contribution in [0.25, 0.3) is 5.57 Å². The number of aromatic hydroxyl groups is 2. The summed E-state index contributed by atoms with van der Waals surface area (Å²) in [7, 11) is 0. The zero-order chi connectivity index (χ0) is 37.7. The molecular formula is C44H58Cl2O6. The Labute approximate surface area is 320 Å². The molecule has 4 fully saturated rings. The highest BCUT2D eigenvalue weighted by atomic mass is 35.5. The number of phenols is 2. The molecule has 2 aromatic rings. The van der Waals surface area contributed by atoms with Crippen molar-refractivity contribution in [3.63, 3.8) is 0 Å². The maximum atomic E-state index is 12.0. The molecule has 0 aliphatic heterocycles. The summed E-state index contributed by atoms with van der Waals surface area (Å²) in [4.78, 5) is 24.0. The standard InChI is InChI=1S/C44H58Cl2O6/c1-24(2)7-6-8-25(3)34-13-14-35-31-12-10-29-19-26(15-17-43(29,4)36(31)16-18-44(34,35)5)9-11-30(27-20-32(41(49)50)39(47)37(45)22-27)28-21-33(42(51)52)40(48)38(46)23-28/h11,20-26,29,31,34-36,47-48H,6-10,12-19H2,1-5H3,(H,49,50)(H,51,52)/t25-,26+,29+,31+,34-,35+,36+,43+,44-/m1/s1. The summed E-state index contributed by atoms with van der Waals surface area (Å²) in [5.41, 5.74) is 1.54. The Balaban J connectivity index is 1.22. The van der Waals surface area contributed by atoms with Crippen LogP contribution in [0.5, 0.6) is 11.5 Å². The van der Waals surface area contributed by atoms with Gasteiger partial charge in [-0.3, -0.25) is 0 Å². The second kappa shape index (κ2) is 15.2. The van der Waals surface area contributed by atoms with Crippen molar-refractivity contribution in [3.8, 4) is 11.5 Å². The molecule has 0 bridgehead atoms. The van der Waals surface area contributed by atoms with Crippen molar-refractivity contribution in [2.75, 3.05) is 0 Å². The van der Waals surface area contributed by atoms with Crippen LogP contribution in [0.1, 0.15) is 150 Å². The van der Waals surface area contributed by atoms with E-state index in [1.165, 1.54) is 88.5 Å². The number of hydrogen-bond acceptors (Lipinski definition) is 4. The van der Waals surface area contributed by atoms with Crippen molar-refractivity contribution in [2.45, 2.75) is 118 Å². The summed E-state index contributed by atoms with van der Waals surface area (Å²) < 4.78 is 0. The number of carboxylic acids is 2. The minimum absolute atomic E-state index is 0.118. The van der Waals surface area contributed by atoms with E-state index in [9.17, 15) is 30.0 Å². The number of aromatic carboxylic acids is 2. The van der Waals surface area contributed by atoms with Crippen LogP contribution in [0.4, 0.5) is 0 Å². The maximum Gasteiger partial charge on any atom is 0.339 e. The third-order valence-corrected chi connectivity index (χ3v) is 15.4. The van der Waals surface area contributed by atoms with E-state index in [1.807, 2.05) is 6.08 Å². The van der Waals surface area contributed by atoms with Gasteiger partial charge in [-0.1, -0.05) is 83.2 Å². The van der Waals surface area contributed by atoms with Gasteiger partial charge < -0.3 is 20.4 Å². The highest BCUT2D eigenvalue weighted by Gasteiger charge is 2.60. The molecule has 0 aromatic heterocycles. The highest BCUT2D eigenvalue weighted by Crippen LogP contribution is 2.69. The molecule has 0 radical (unpaired) electrons. The lowest BCUT2D eigenvalue weighted by molar-refractivity contribution is -0.121. The number of allylic oxidation sites excluding steroid dienone is 1. The molecule has 0 unspecified atom stereocenters. The highest BCUT2D eigenvalue weighted by molar-refractivity contribution is 6.33. The molecular weight excluding hydrogens is 695 g/mol. The number of carboxylic acid groups (broad SMARTS) is 2. The van der Waals surface area contributed by atoms with Crippen molar-refractivity contribution in [2.24, 2.45) is 58.2 Å². The van der Waals surface area contributed by atoms with Crippen LogP contribution in [0.3, 0.4) is 0 Å². The van der Waals surface area contributed by atoms with Gasteiger partial charge >= 0.3 is 11.9 Å². The molecule has 9 atom stereocenters. The Bertz CT molecular complexity index is 1640. The van der Waals surface area contributed by atoms with Crippen LogP contribution < -0.4 is 0 Å². The Morgan fingerprint density at radius 1 is 0.788 bits per heavy atom. The fourth-order valence-corrected chi connectivity index (χ4v) is 12.5. The summed E-state index contributed by atoms with van der Waals surface area (Å²) in [5.74, 6) is 2.29. The molecule has 6 rings (SSSR count). The van der Waals surface area contributed by atoms with Crippen LogP contribution in [0, 0.1) is 58.2 Å². The maximum absolute atomic E-state index is 12.0. The first-order chi connectivity index (χ1) is 24.5. The van der Waals surface area contributed by atoms with E-state index in [-0.39, 0.29) is 21.2 Å². The minimum atomic E-state index is -1.33. The third kappa shape index (κ3) is 7.25. The van der Waals surface area contributed by atoms with Gasteiger partial charge in [-0.2, -0.15) is 0 Å². The Hall–Kier alpha value is -2.70. The quantitative estimate of drug-likeness (QED) is 0.182. The lowest BCUT2D eigenvalue weighted by atomic mass is 9.44. The summed E-state index contributed by atoms with van der Waals surface area (Å²) >= 11 is 12.6. The van der Waals surface area contributed by atoms with Gasteiger partial charge in [-0.25, -0.2) is 9.59 Å². The van der Waals surface area contributed by atoms with Crippen molar-refractivity contribution in [3.05, 3.63) is 62.6 Å². The molecule has 4 aliphatic rings. The Kier molecular flexibility index (Phi) is 11.4. The van der Waals surface area contributed by atoms with Gasteiger partial charge in [-0.05, 0) is 163 Å². The lowest BCUT2D eigenvalue weighted by Crippen LogP contribution is -2.53. The molecule has 284 valence electrons. The second-order valence-electron chi connectivity index (χ2n) is 18.0. The van der Waals surface area contributed by atoms with Crippen LogP contribution in [-0.2, 0) is 0 Å². The number of halogens is 2. The first kappa shape index (κ1) is 39.0. The van der Waals surface area contributed by atoms with Crippen molar-refractivity contribution >= 4 is 40.7 Å². The van der Waals surface area contributed by atoms with E-state index in [2.05, 4.69) is 34.6 Å². The fraction of sp³-hybridized carbons (Fsp3) is 0.636. The van der Waals surface area contributed by atoms with Gasteiger partial charge in [0.2, 0.25) is 0 Å². The van der Waals surface area contributed by atoms with Crippen LogP contribution >= 0.6 is 23.2 Å². The van der Waals surface area contributed by atoms with Gasteiger partial charge in [0.15, 0.2) is 0 Å². The number of fused-ring (bicyclic) bond motifs is 5. The van der Waals surface area contributed by atoms with Crippen molar-refractivity contribution in [1.82, 2.24) is 0 Å². The van der Waals surface area contributed by atoms with E-state index in [0.717, 1.165) is 54.8 Å². The Morgan fingerprint density at radius 3 is 1.94 bits per heavy atom. The third-order valence-electron chi connectivity index (χ3n) is 14.8. The van der Waals surface area contributed by atoms with E-state index in [0.29, 0.717) is 39.4 Å². The minimum Gasteiger partial charge on any atom is -0.505 e. The molecule has 0 amide bonds. The second-order valence-corrected chi connectivity index (χ2v) is 18.8. The summed E-state index contributed by atoms with van der Waals surface area (Å²) in [5, 5.41) is 40.1. The van der Waals surface area contributed by atoms with Gasteiger partial charge in [0.1, 0.15) is 22.6 Å². The number of carbonyl (C=O) groups is 2. The average Bonchev–Trinajstić information content (AvgIpc) is 3.44. The normalized spacial score (nSPS) is 31.7. The van der Waals surface area contributed by atoms with Gasteiger partial charge in [0, 0.05) is 0 Å². The predicted octanol–water partition coefficient (Wildman–Crippen LogP) is 12.4. The molecule has 0 heterocycles. The molecule has 4 saturated carbocycles. The summed E-state index contributed by atoms with van der Waals surface area (Å²) in [6.45, 7) is 12.5. The molecule has 2 aromatic carbocycles. The van der Waals surface area contributed by atoms with Gasteiger partial charge in [0.05, 0.1) is 10.0 Å². The topological polar surface area (TPSA) is 115 Å². The van der Waals surface area contributed by atoms with E-state index in [4.69, 9.17) is 23.2 Å². The number of hydrogen-bond donors (Lipinski definition) is 4. The van der Waals surface area contributed by atoms with Crippen molar-refractivity contribution < 1.29 is 30.0 Å². The lowest BCUT2D eigenvalue weighted by Gasteiger charge is -2.61. The largest absolute Gasteiger partial charge is 0.505 e. The zero-order valence-corrected chi connectivity index (χ0v) is 33.1. The van der Waals surface area contributed by atoms with Gasteiger partial charge in [-0.15, -0.1) is 0 Å². The summed E-state index contributed by atoms with van der Waals surface area (Å²) in [6, 6.07) is 5.69. The number of rotatable bonds is 11. The van der Waals surface area contributed by atoms with Crippen LogP contribution in [0.2, 0.25) is 10.0 Å². The van der Waals surface area contributed by atoms with Crippen LogP contribution in [-0.4, -0.2) is 32.4 Å². The van der Waals surface area contributed by atoms with Crippen LogP contribution in [0.15, 0.2) is 30.3 Å². The number of benzene rings is 2. The van der Waals surface area contributed by atoms with Crippen molar-refractivity contribution in [1.29, 1.82) is 0 Å². The smallest absolute Gasteiger partial charge is 0.339 e. The first-order valence-corrected chi connectivity index (χ1v) is 20.5. The molecule has 0 saturated heterocycles. The molecule has 52 heavy (non-hydrogen) atoms. The first-order valence-electron chi connectivity index (χ1n) is 19.8. The molecule has 0 spiro atoms. The zero-order valence-electron chi connectivity index (χ0n) is 31.6. The molecule has 4 N–H and O–H groups in total. The van der Waals surface area contributed by atoms with E-state index in [1.54, 1.807) is 0 Å². The fourth-order valence-electron chi connectivity index (χ4n) is 12.1. The van der Waals surface area contributed by atoms with E-state index >= 15 is 0 Å². The average molecular weight is 754 g/mol. The SMILES string of the molecule is CC(C)CCC[C@@H](C)[C@H]1CC[C@H]2[C@@H]3CC[C@H]4C[C@@H](CC=C(c5cc(Cl)c(O)c(C(=O)O)c5)c5cc(Cl)c(O)c(C(=O)O)c5)CC[C@]4(C)[C@H]3CC[C@]12C. The van der Waals surface area contributed by atoms with Gasteiger partial charge in [0.25, 0.3) is 0 Å².